The van der Waals surface area contributed by atoms with Gasteiger partial charge in [-0.1, -0.05) is 24.3 Å². The molecule has 0 saturated carbocycles. The number of amides is 2. The average molecular weight is 569 g/mol. The Balaban J connectivity index is 1.63. The van der Waals surface area contributed by atoms with E-state index in [1.807, 2.05) is 0 Å². The summed E-state index contributed by atoms with van der Waals surface area (Å²) in [5.74, 6) is -2.68. The highest BCUT2D eigenvalue weighted by atomic mass is 16.6. The second-order valence-corrected chi connectivity index (χ2v) is 8.54. The third-order valence-electron chi connectivity index (χ3n) is 5.64. The summed E-state index contributed by atoms with van der Waals surface area (Å²) >= 11 is 0. The Hall–Kier alpha value is -6.54. The Morgan fingerprint density at radius 2 is 1.14 bits per heavy atom. The fraction of sp³-hybridized carbons (Fsp3) is 0.0714. The largest absolute Gasteiger partial charge is 0.502 e. The topological polar surface area (TPSA) is 233 Å². The van der Waals surface area contributed by atoms with Gasteiger partial charge in [0.1, 0.15) is 23.3 Å². The molecule has 0 spiro atoms. The standard InChI is InChI=1S/C28H20N6O8/c29-13-21(9-17-4-6-23(33(39)40)25(35)11-17)27(37)31-15-19-2-1-3-20(8-19)16-32-28(38)22(14-30)10-18-5-7-24(34(41)42)26(36)12-18/h1-12,35-36H,15-16H2,(H,31,37)(H,32,38)/b21-9-,22-10-. The molecule has 0 saturated heterocycles. The second kappa shape index (κ2) is 13.5. The Morgan fingerprint density at radius 1 is 0.738 bits per heavy atom. The van der Waals surface area contributed by atoms with Crippen LogP contribution in [0.25, 0.3) is 12.2 Å². The van der Waals surface area contributed by atoms with Crippen molar-refractivity contribution in [2.75, 3.05) is 0 Å². The Labute approximate surface area is 237 Å². The fourth-order valence-electron chi connectivity index (χ4n) is 3.60. The van der Waals surface area contributed by atoms with Crippen LogP contribution in [0.3, 0.4) is 0 Å². The molecule has 14 nitrogen and oxygen atoms in total. The summed E-state index contributed by atoms with van der Waals surface area (Å²) < 4.78 is 0. The molecule has 0 heterocycles. The molecule has 0 fully saturated rings. The Morgan fingerprint density at radius 3 is 1.48 bits per heavy atom. The van der Waals surface area contributed by atoms with Crippen LogP contribution < -0.4 is 10.6 Å². The lowest BCUT2D eigenvalue weighted by Gasteiger charge is -2.08. The van der Waals surface area contributed by atoms with Gasteiger partial charge >= 0.3 is 11.4 Å². The van der Waals surface area contributed by atoms with Gasteiger partial charge in [0.15, 0.2) is 11.5 Å². The lowest BCUT2D eigenvalue weighted by molar-refractivity contribution is -0.386. The van der Waals surface area contributed by atoms with Gasteiger partial charge in [-0.15, -0.1) is 0 Å². The van der Waals surface area contributed by atoms with Crippen molar-refractivity contribution in [1.82, 2.24) is 10.6 Å². The molecule has 0 bridgehead atoms. The minimum Gasteiger partial charge on any atom is -0.502 e. The maximum absolute atomic E-state index is 12.5. The third-order valence-corrected chi connectivity index (χ3v) is 5.64. The van der Waals surface area contributed by atoms with Crippen molar-refractivity contribution in [1.29, 1.82) is 10.5 Å². The summed E-state index contributed by atoms with van der Waals surface area (Å²) in [5.41, 5.74) is 0.0206. The summed E-state index contributed by atoms with van der Waals surface area (Å²) in [6.07, 6.45) is 2.34. The Bertz CT molecular complexity index is 1610. The molecule has 0 aliphatic rings. The van der Waals surface area contributed by atoms with E-state index in [0.29, 0.717) is 11.1 Å². The number of nitro benzene ring substituents is 2. The maximum Gasteiger partial charge on any atom is 0.310 e. The number of nitriles is 2. The first-order valence-electron chi connectivity index (χ1n) is 11.8. The molecule has 2 amide bonds. The molecule has 210 valence electrons. The molecule has 0 radical (unpaired) electrons. The van der Waals surface area contributed by atoms with Gasteiger partial charge in [0.25, 0.3) is 11.8 Å². The molecular formula is C28H20N6O8. The first-order chi connectivity index (χ1) is 20.0. The maximum atomic E-state index is 12.5. The SMILES string of the molecule is N#C/C(=C/c1ccc([N+](=O)[O-])c(O)c1)C(=O)NCc1cccc(CNC(=O)/C(C#N)=C\c2ccc([N+](=O)[O-])c(O)c2)c1. The molecule has 0 atom stereocenters. The highest BCUT2D eigenvalue weighted by Crippen LogP contribution is 2.28. The second-order valence-electron chi connectivity index (χ2n) is 8.54. The number of hydrogen-bond donors (Lipinski definition) is 4. The smallest absolute Gasteiger partial charge is 0.310 e. The van der Waals surface area contributed by atoms with Crippen molar-refractivity contribution >= 4 is 35.3 Å². The van der Waals surface area contributed by atoms with Crippen molar-refractivity contribution < 1.29 is 29.6 Å². The lowest BCUT2D eigenvalue weighted by Crippen LogP contribution is -2.25. The van der Waals surface area contributed by atoms with Crippen molar-refractivity contribution in [2.24, 2.45) is 0 Å². The molecule has 3 rings (SSSR count). The monoisotopic (exact) mass is 568 g/mol. The third kappa shape index (κ3) is 7.75. The van der Waals surface area contributed by atoms with Crippen LogP contribution in [0.2, 0.25) is 0 Å². The van der Waals surface area contributed by atoms with Crippen LogP contribution in [0.1, 0.15) is 22.3 Å². The molecule has 0 aromatic heterocycles. The molecule has 0 unspecified atom stereocenters. The molecule has 3 aromatic carbocycles. The number of nitrogens with zero attached hydrogens (tertiary/aromatic N) is 4. The van der Waals surface area contributed by atoms with Crippen LogP contribution in [-0.2, 0) is 22.7 Å². The summed E-state index contributed by atoms with van der Waals surface area (Å²) in [6, 6.07) is 17.0. The van der Waals surface area contributed by atoms with Gasteiger partial charge in [-0.05, 0) is 58.7 Å². The first-order valence-corrected chi connectivity index (χ1v) is 11.8. The van der Waals surface area contributed by atoms with Crippen molar-refractivity contribution in [3.05, 3.63) is 114 Å². The van der Waals surface area contributed by atoms with Crippen LogP contribution in [0.4, 0.5) is 11.4 Å². The zero-order valence-corrected chi connectivity index (χ0v) is 21.5. The number of phenols is 2. The number of rotatable bonds is 10. The Kier molecular flexibility index (Phi) is 9.64. The van der Waals surface area contributed by atoms with Crippen LogP contribution in [0, 0.1) is 42.9 Å². The van der Waals surface area contributed by atoms with Crippen LogP contribution in [0.15, 0.2) is 71.8 Å². The summed E-state index contributed by atoms with van der Waals surface area (Å²) in [4.78, 5) is 45.2. The van der Waals surface area contributed by atoms with Gasteiger partial charge in [-0.25, -0.2) is 0 Å². The number of hydrogen-bond acceptors (Lipinski definition) is 10. The molecular weight excluding hydrogens is 548 g/mol. The lowest BCUT2D eigenvalue weighted by atomic mass is 10.1. The number of phenolic OH excluding ortho intramolecular Hbond substituents is 2. The van der Waals surface area contributed by atoms with Gasteiger partial charge in [0.05, 0.1) is 9.85 Å². The first kappa shape index (κ1) is 30.0. The average Bonchev–Trinajstić information content (AvgIpc) is 2.96. The molecule has 3 aromatic rings. The normalized spacial score (nSPS) is 11.1. The fourth-order valence-corrected chi connectivity index (χ4v) is 3.60. The van der Waals surface area contributed by atoms with E-state index in [2.05, 4.69) is 10.6 Å². The summed E-state index contributed by atoms with van der Waals surface area (Å²) in [5, 5.41) is 65.1. The number of carbonyl (C=O) groups is 2. The van der Waals surface area contributed by atoms with Crippen LogP contribution >= 0.6 is 0 Å². The van der Waals surface area contributed by atoms with Crippen molar-refractivity contribution in [2.45, 2.75) is 13.1 Å². The van der Waals surface area contributed by atoms with Crippen LogP contribution in [-0.4, -0.2) is 31.9 Å². The number of carbonyl (C=O) groups excluding carboxylic acids is 2. The van der Waals surface area contributed by atoms with E-state index in [9.17, 15) is 50.6 Å². The van der Waals surface area contributed by atoms with Crippen molar-refractivity contribution in [3.63, 3.8) is 0 Å². The van der Waals surface area contributed by atoms with Gasteiger partial charge < -0.3 is 20.8 Å². The van der Waals surface area contributed by atoms with E-state index in [1.54, 1.807) is 36.4 Å². The number of nitro groups is 2. The van der Waals surface area contributed by atoms with Crippen molar-refractivity contribution in [3.8, 4) is 23.6 Å². The molecule has 42 heavy (non-hydrogen) atoms. The van der Waals surface area contributed by atoms with Gasteiger partial charge in [-0.2, -0.15) is 10.5 Å². The quantitative estimate of drug-likeness (QED) is 0.120. The van der Waals surface area contributed by atoms with E-state index >= 15 is 0 Å². The highest BCUT2D eigenvalue weighted by molar-refractivity contribution is 6.02. The van der Waals surface area contributed by atoms with E-state index in [1.165, 1.54) is 24.3 Å². The van der Waals surface area contributed by atoms with Crippen LogP contribution in [0.5, 0.6) is 11.5 Å². The predicted octanol–water partition coefficient (Wildman–Crippen LogP) is 3.36. The molecule has 4 N–H and O–H groups in total. The highest BCUT2D eigenvalue weighted by Gasteiger charge is 2.16. The predicted molar refractivity (Wildman–Crippen MR) is 147 cm³/mol. The number of aromatic hydroxyl groups is 2. The van der Waals surface area contributed by atoms with E-state index in [4.69, 9.17) is 0 Å². The molecule has 0 aliphatic carbocycles. The zero-order valence-electron chi connectivity index (χ0n) is 21.5. The summed E-state index contributed by atoms with van der Waals surface area (Å²) in [7, 11) is 0. The minimum absolute atomic E-state index is 0.0120. The van der Waals surface area contributed by atoms with E-state index in [-0.39, 0.29) is 35.4 Å². The van der Waals surface area contributed by atoms with Gasteiger partial charge in [-0.3, -0.25) is 29.8 Å². The molecule has 0 aliphatic heterocycles. The molecule has 14 heteroatoms. The van der Waals surface area contributed by atoms with Gasteiger partial charge in [0.2, 0.25) is 0 Å². The number of nitrogens with one attached hydrogen (secondary N) is 2. The van der Waals surface area contributed by atoms with Gasteiger partial charge in [0, 0.05) is 25.2 Å². The van der Waals surface area contributed by atoms with E-state index < -0.39 is 44.5 Å². The number of benzene rings is 3. The van der Waals surface area contributed by atoms with E-state index in [0.717, 1.165) is 24.3 Å². The summed E-state index contributed by atoms with van der Waals surface area (Å²) in [6.45, 7) is 0.0241. The zero-order chi connectivity index (χ0) is 30.8. The minimum atomic E-state index is -0.770.